The molecule has 0 radical (unpaired) electrons. The van der Waals surface area contributed by atoms with Crippen molar-refractivity contribution < 1.29 is 9.90 Å². The predicted octanol–water partition coefficient (Wildman–Crippen LogP) is 0.691. The summed E-state index contributed by atoms with van der Waals surface area (Å²) in [4.78, 5) is 10.4. The quantitative estimate of drug-likeness (QED) is 0.608. The van der Waals surface area contributed by atoms with Crippen LogP contribution in [-0.4, -0.2) is 34.8 Å². The van der Waals surface area contributed by atoms with Crippen LogP contribution in [0.1, 0.15) is 25.7 Å². The standard InChI is InChI=1S/C9H18N2O2S/c10-9(13)11-5-6-14-8-4-2-1-3-7(8)12/h7-8,12H,1-6H2,(H3,10,11,13)/t7-,8-/m0/s1. The third-order valence-corrected chi connectivity index (χ3v) is 3.82. The number of carbonyl (C=O) groups excluding carboxylic acids is 1. The normalized spacial score (nSPS) is 27.2. The third-order valence-electron chi connectivity index (χ3n) is 2.40. The van der Waals surface area contributed by atoms with Crippen LogP contribution in [0.3, 0.4) is 0 Å². The fourth-order valence-corrected chi connectivity index (χ4v) is 2.87. The maximum Gasteiger partial charge on any atom is 0.312 e. The fourth-order valence-electron chi connectivity index (χ4n) is 1.66. The number of hydrogen-bond donors (Lipinski definition) is 3. The number of primary amides is 1. The molecule has 1 fully saturated rings. The molecule has 0 unspecified atom stereocenters. The molecule has 0 aromatic carbocycles. The molecule has 2 amide bonds. The van der Waals surface area contributed by atoms with Crippen molar-refractivity contribution in [2.75, 3.05) is 12.3 Å². The van der Waals surface area contributed by atoms with E-state index in [0.29, 0.717) is 11.8 Å². The summed E-state index contributed by atoms with van der Waals surface area (Å²) in [7, 11) is 0. The van der Waals surface area contributed by atoms with Crippen molar-refractivity contribution in [3.63, 3.8) is 0 Å². The number of rotatable bonds is 4. The smallest absolute Gasteiger partial charge is 0.312 e. The first-order valence-electron chi connectivity index (χ1n) is 5.03. The van der Waals surface area contributed by atoms with Crippen LogP contribution in [0, 0.1) is 0 Å². The Morgan fingerprint density at radius 3 is 2.86 bits per heavy atom. The van der Waals surface area contributed by atoms with Crippen molar-refractivity contribution in [2.24, 2.45) is 5.73 Å². The number of amides is 2. The second kappa shape index (κ2) is 6.14. The average Bonchev–Trinajstić information content (AvgIpc) is 2.15. The molecule has 82 valence electrons. The van der Waals surface area contributed by atoms with Gasteiger partial charge >= 0.3 is 6.03 Å². The van der Waals surface area contributed by atoms with Gasteiger partial charge in [0.25, 0.3) is 0 Å². The summed E-state index contributed by atoms with van der Waals surface area (Å²) in [5.74, 6) is 0.824. The monoisotopic (exact) mass is 218 g/mol. The number of urea groups is 1. The Morgan fingerprint density at radius 1 is 1.50 bits per heavy atom. The van der Waals surface area contributed by atoms with Crippen LogP contribution in [0.2, 0.25) is 0 Å². The van der Waals surface area contributed by atoms with Gasteiger partial charge in [0.05, 0.1) is 6.10 Å². The molecule has 0 saturated heterocycles. The maximum atomic E-state index is 10.4. The minimum atomic E-state index is -0.477. The van der Waals surface area contributed by atoms with E-state index in [1.54, 1.807) is 11.8 Å². The summed E-state index contributed by atoms with van der Waals surface area (Å²) in [5, 5.41) is 12.5. The van der Waals surface area contributed by atoms with E-state index in [1.807, 2.05) is 0 Å². The van der Waals surface area contributed by atoms with E-state index in [1.165, 1.54) is 6.42 Å². The van der Waals surface area contributed by atoms with Crippen LogP contribution in [0.4, 0.5) is 4.79 Å². The van der Waals surface area contributed by atoms with Gasteiger partial charge < -0.3 is 16.2 Å². The molecule has 0 aromatic rings. The number of aliphatic hydroxyl groups excluding tert-OH is 1. The van der Waals surface area contributed by atoms with Gasteiger partial charge in [-0.25, -0.2) is 4.79 Å². The van der Waals surface area contributed by atoms with Crippen molar-refractivity contribution in [3.8, 4) is 0 Å². The number of nitrogens with two attached hydrogens (primary N) is 1. The lowest BCUT2D eigenvalue weighted by molar-refractivity contribution is 0.137. The highest BCUT2D eigenvalue weighted by Crippen LogP contribution is 2.28. The van der Waals surface area contributed by atoms with E-state index in [-0.39, 0.29) is 6.10 Å². The van der Waals surface area contributed by atoms with Crippen LogP contribution >= 0.6 is 11.8 Å². The molecule has 4 N–H and O–H groups in total. The SMILES string of the molecule is NC(=O)NCCS[C@H]1CCCC[C@@H]1O. The van der Waals surface area contributed by atoms with Crippen LogP contribution in [0.5, 0.6) is 0 Å². The zero-order valence-electron chi connectivity index (χ0n) is 8.24. The predicted molar refractivity (Wildman–Crippen MR) is 58.3 cm³/mol. The van der Waals surface area contributed by atoms with Gasteiger partial charge in [-0.1, -0.05) is 12.8 Å². The Morgan fingerprint density at radius 2 is 2.21 bits per heavy atom. The molecule has 5 heteroatoms. The Balaban J connectivity index is 2.07. The number of hydrogen-bond acceptors (Lipinski definition) is 3. The van der Waals surface area contributed by atoms with E-state index in [4.69, 9.17) is 5.73 Å². The zero-order chi connectivity index (χ0) is 10.4. The first-order chi connectivity index (χ1) is 6.70. The van der Waals surface area contributed by atoms with Gasteiger partial charge in [0.1, 0.15) is 0 Å². The molecule has 0 heterocycles. The second-order valence-corrected chi connectivity index (χ2v) is 4.90. The summed E-state index contributed by atoms with van der Waals surface area (Å²) in [5.41, 5.74) is 4.93. The molecular formula is C9H18N2O2S. The topological polar surface area (TPSA) is 75.4 Å². The van der Waals surface area contributed by atoms with Crippen molar-refractivity contribution in [1.82, 2.24) is 5.32 Å². The molecule has 4 nitrogen and oxygen atoms in total. The molecule has 0 aliphatic heterocycles. The van der Waals surface area contributed by atoms with Crippen molar-refractivity contribution in [3.05, 3.63) is 0 Å². The lowest BCUT2D eigenvalue weighted by atomic mass is 9.97. The van der Waals surface area contributed by atoms with Gasteiger partial charge in [0.2, 0.25) is 0 Å². The molecule has 1 saturated carbocycles. The van der Waals surface area contributed by atoms with E-state index in [9.17, 15) is 9.90 Å². The highest BCUT2D eigenvalue weighted by atomic mass is 32.2. The Kier molecular flexibility index (Phi) is 5.11. The highest BCUT2D eigenvalue weighted by Gasteiger charge is 2.22. The number of thioether (sulfide) groups is 1. The molecule has 0 bridgehead atoms. The number of aliphatic hydroxyl groups is 1. The van der Waals surface area contributed by atoms with Gasteiger partial charge in [0, 0.05) is 17.5 Å². The molecule has 2 atom stereocenters. The second-order valence-electron chi connectivity index (χ2n) is 3.55. The number of carbonyl (C=O) groups is 1. The largest absolute Gasteiger partial charge is 0.392 e. The highest BCUT2D eigenvalue weighted by molar-refractivity contribution is 7.99. The summed E-state index contributed by atoms with van der Waals surface area (Å²) in [6.45, 7) is 0.587. The van der Waals surface area contributed by atoms with Crippen LogP contribution in [-0.2, 0) is 0 Å². The lowest BCUT2D eigenvalue weighted by Gasteiger charge is -2.26. The molecule has 0 spiro atoms. The number of nitrogens with one attached hydrogen (secondary N) is 1. The van der Waals surface area contributed by atoms with Gasteiger partial charge in [-0.05, 0) is 12.8 Å². The summed E-state index contributed by atoms with van der Waals surface area (Å²) in [6.07, 6.45) is 4.18. The van der Waals surface area contributed by atoms with Gasteiger partial charge in [-0.3, -0.25) is 0 Å². The Hall–Kier alpha value is -0.420. The van der Waals surface area contributed by atoms with Crippen molar-refractivity contribution in [1.29, 1.82) is 0 Å². The molecule has 1 rings (SSSR count). The van der Waals surface area contributed by atoms with E-state index >= 15 is 0 Å². The maximum absolute atomic E-state index is 10.4. The zero-order valence-corrected chi connectivity index (χ0v) is 9.05. The van der Waals surface area contributed by atoms with E-state index in [0.717, 1.165) is 25.0 Å². The average molecular weight is 218 g/mol. The molecule has 1 aliphatic rings. The van der Waals surface area contributed by atoms with E-state index in [2.05, 4.69) is 5.32 Å². The summed E-state index contributed by atoms with van der Waals surface area (Å²) in [6, 6.07) is -0.477. The van der Waals surface area contributed by atoms with Crippen molar-refractivity contribution >= 4 is 17.8 Å². The fraction of sp³-hybridized carbons (Fsp3) is 0.889. The van der Waals surface area contributed by atoms with E-state index < -0.39 is 6.03 Å². The minimum Gasteiger partial charge on any atom is -0.392 e. The third kappa shape index (κ3) is 4.19. The van der Waals surface area contributed by atoms with Crippen LogP contribution < -0.4 is 11.1 Å². The first kappa shape index (κ1) is 11.7. The first-order valence-corrected chi connectivity index (χ1v) is 6.08. The Bertz CT molecular complexity index is 190. The molecule has 1 aliphatic carbocycles. The van der Waals surface area contributed by atoms with Gasteiger partial charge in [-0.15, -0.1) is 0 Å². The van der Waals surface area contributed by atoms with Gasteiger partial charge in [0.15, 0.2) is 0 Å². The van der Waals surface area contributed by atoms with Crippen LogP contribution in [0.15, 0.2) is 0 Å². The lowest BCUT2D eigenvalue weighted by Crippen LogP contribution is -2.32. The van der Waals surface area contributed by atoms with Crippen molar-refractivity contribution in [2.45, 2.75) is 37.0 Å². The summed E-state index contributed by atoms with van der Waals surface area (Å²) < 4.78 is 0. The molecule has 14 heavy (non-hydrogen) atoms. The minimum absolute atomic E-state index is 0.165. The van der Waals surface area contributed by atoms with Gasteiger partial charge in [-0.2, -0.15) is 11.8 Å². The molecule has 0 aromatic heterocycles. The molecular weight excluding hydrogens is 200 g/mol. The van der Waals surface area contributed by atoms with Crippen LogP contribution in [0.25, 0.3) is 0 Å². The Labute approximate surface area is 88.6 Å². The summed E-state index contributed by atoms with van der Waals surface area (Å²) >= 11 is 1.73.